The van der Waals surface area contributed by atoms with Crippen molar-refractivity contribution in [1.82, 2.24) is 14.5 Å². The second kappa shape index (κ2) is 9.52. The van der Waals surface area contributed by atoms with E-state index in [9.17, 15) is 14.7 Å². The molecule has 1 N–H and O–H groups in total. The number of ether oxygens (including phenoxy) is 1. The molecule has 0 atom stereocenters. The minimum absolute atomic E-state index is 0.0674. The Hall–Kier alpha value is -3.49. The number of carbonyl (C=O) groups is 2. The third-order valence-electron chi connectivity index (χ3n) is 7.58. The number of alkyl halides is 2. The molecule has 0 bridgehead atoms. The minimum Gasteiger partial charge on any atom is -0.481 e. The smallest absolute Gasteiger partial charge is 0.409 e. The summed E-state index contributed by atoms with van der Waals surface area (Å²) in [5.41, 5.74) is 3.06. The Kier molecular flexibility index (Phi) is 6.40. The SMILES string of the molecule is COC(=O)N1CCc2ccc3c(nc(C4CCC(C(=O)O)CC4)n3CC(F)(F)c3ccccc3)c2C1. The average Bonchev–Trinajstić information content (AvgIpc) is 3.26. The van der Waals surface area contributed by atoms with Crippen LogP contribution < -0.4 is 0 Å². The Bertz CT molecular complexity index is 1280. The number of carboxylic acids is 1. The highest BCUT2D eigenvalue weighted by Gasteiger charge is 2.37. The lowest BCUT2D eigenvalue weighted by Crippen LogP contribution is -2.35. The van der Waals surface area contributed by atoms with E-state index in [1.54, 1.807) is 27.7 Å². The summed E-state index contributed by atoms with van der Waals surface area (Å²) in [6.45, 7) is 0.252. The number of halogens is 2. The van der Waals surface area contributed by atoms with Gasteiger partial charge in [-0.15, -0.1) is 0 Å². The maximum absolute atomic E-state index is 15.5. The Morgan fingerprint density at radius 3 is 2.50 bits per heavy atom. The summed E-state index contributed by atoms with van der Waals surface area (Å²) in [6, 6.07) is 11.5. The monoisotopic (exact) mass is 497 g/mol. The standard InChI is InChI=1S/C27H29F2N3O4/c1-36-26(35)31-14-13-17-11-12-22-23(21(17)15-31)30-24(18-7-9-19(10-8-18)25(33)34)32(22)16-27(28,29)20-5-3-2-4-6-20/h2-6,11-12,18-19H,7-10,13-16H2,1H3,(H,33,34). The second-order valence-corrected chi connectivity index (χ2v) is 9.73. The molecule has 2 aromatic carbocycles. The topological polar surface area (TPSA) is 84.7 Å². The highest BCUT2D eigenvalue weighted by atomic mass is 19.3. The Morgan fingerprint density at radius 1 is 1.11 bits per heavy atom. The van der Waals surface area contributed by atoms with Crippen molar-refractivity contribution in [3.8, 4) is 0 Å². The fraction of sp³-hybridized carbons (Fsp3) is 0.444. The number of carbonyl (C=O) groups excluding carboxylic acids is 1. The van der Waals surface area contributed by atoms with Crippen LogP contribution in [0.4, 0.5) is 13.6 Å². The van der Waals surface area contributed by atoms with Crippen molar-refractivity contribution < 1.29 is 28.2 Å². The quantitative estimate of drug-likeness (QED) is 0.516. The van der Waals surface area contributed by atoms with Gasteiger partial charge < -0.3 is 19.3 Å². The number of aliphatic carboxylic acids is 1. The second-order valence-electron chi connectivity index (χ2n) is 9.73. The lowest BCUT2D eigenvalue weighted by Gasteiger charge is -2.28. The third-order valence-corrected chi connectivity index (χ3v) is 7.58. The van der Waals surface area contributed by atoms with E-state index < -0.39 is 30.4 Å². The van der Waals surface area contributed by atoms with Gasteiger partial charge in [-0.1, -0.05) is 36.4 Å². The van der Waals surface area contributed by atoms with Crippen LogP contribution >= 0.6 is 0 Å². The molecule has 0 spiro atoms. The number of aromatic nitrogens is 2. The minimum atomic E-state index is -3.13. The van der Waals surface area contributed by atoms with Crippen LogP contribution in [0.25, 0.3) is 11.0 Å². The number of nitrogens with zero attached hydrogens (tertiary/aromatic N) is 3. The van der Waals surface area contributed by atoms with Crippen LogP contribution in [-0.4, -0.2) is 45.3 Å². The molecule has 2 heterocycles. The molecule has 1 aromatic heterocycles. The Balaban J connectivity index is 1.58. The highest BCUT2D eigenvalue weighted by Crippen LogP contribution is 2.40. The van der Waals surface area contributed by atoms with E-state index in [-0.39, 0.29) is 11.5 Å². The van der Waals surface area contributed by atoms with E-state index in [1.165, 1.54) is 19.2 Å². The maximum atomic E-state index is 15.5. The van der Waals surface area contributed by atoms with E-state index in [1.807, 2.05) is 12.1 Å². The molecule has 1 aliphatic heterocycles. The molecule has 9 heteroatoms. The summed E-state index contributed by atoms with van der Waals surface area (Å²) >= 11 is 0. The summed E-state index contributed by atoms with van der Waals surface area (Å²) in [5.74, 6) is -3.90. The molecule has 1 fully saturated rings. The fourth-order valence-electron chi connectivity index (χ4n) is 5.58. The normalized spacial score (nSPS) is 20.2. The first-order valence-corrected chi connectivity index (χ1v) is 12.3. The van der Waals surface area contributed by atoms with E-state index >= 15 is 8.78 Å². The zero-order chi connectivity index (χ0) is 25.4. The first-order valence-electron chi connectivity index (χ1n) is 12.3. The van der Waals surface area contributed by atoms with Crippen LogP contribution in [0, 0.1) is 5.92 Å². The largest absolute Gasteiger partial charge is 0.481 e. The number of imidazole rings is 1. The molecule has 3 aromatic rings. The van der Waals surface area contributed by atoms with Crippen LogP contribution in [0.5, 0.6) is 0 Å². The van der Waals surface area contributed by atoms with Crippen LogP contribution in [0.1, 0.15) is 54.1 Å². The van der Waals surface area contributed by atoms with Gasteiger partial charge >= 0.3 is 12.1 Å². The Labute approximate surface area is 207 Å². The van der Waals surface area contributed by atoms with Gasteiger partial charge in [0.15, 0.2) is 0 Å². The van der Waals surface area contributed by atoms with Crippen LogP contribution in [0.15, 0.2) is 42.5 Å². The molecule has 0 radical (unpaired) electrons. The van der Waals surface area contributed by atoms with Gasteiger partial charge in [-0.2, -0.15) is 8.78 Å². The van der Waals surface area contributed by atoms with Crippen molar-refractivity contribution >= 4 is 23.1 Å². The van der Waals surface area contributed by atoms with E-state index in [4.69, 9.17) is 9.72 Å². The number of methoxy groups -OCH3 is 1. The van der Waals surface area contributed by atoms with Gasteiger partial charge in [-0.3, -0.25) is 4.79 Å². The van der Waals surface area contributed by atoms with Crippen LogP contribution in [-0.2, 0) is 35.0 Å². The molecule has 1 amide bonds. The summed E-state index contributed by atoms with van der Waals surface area (Å²) in [5, 5.41) is 9.40. The molecular weight excluding hydrogens is 468 g/mol. The predicted octanol–water partition coefficient (Wildman–Crippen LogP) is 5.31. The van der Waals surface area contributed by atoms with E-state index in [2.05, 4.69) is 0 Å². The van der Waals surface area contributed by atoms with Gasteiger partial charge in [-0.05, 0) is 43.7 Å². The molecule has 0 saturated heterocycles. The van der Waals surface area contributed by atoms with Gasteiger partial charge in [0.1, 0.15) is 5.82 Å². The third kappa shape index (κ3) is 4.42. The summed E-state index contributed by atoms with van der Waals surface area (Å²) in [7, 11) is 1.34. The summed E-state index contributed by atoms with van der Waals surface area (Å²) in [6.07, 6.45) is 2.34. The van der Waals surface area contributed by atoms with Gasteiger partial charge in [0, 0.05) is 23.6 Å². The Morgan fingerprint density at radius 2 is 1.83 bits per heavy atom. The van der Waals surface area contributed by atoms with Gasteiger partial charge in [0.25, 0.3) is 5.92 Å². The first-order chi connectivity index (χ1) is 17.3. The lowest BCUT2D eigenvalue weighted by atomic mass is 9.81. The number of hydrogen-bond acceptors (Lipinski definition) is 4. The number of benzene rings is 2. The van der Waals surface area contributed by atoms with Crippen molar-refractivity contribution in [1.29, 1.82) is 0 Å². The molecule has 1 aliphatic carbocycles. The average molecular weight is 498 g/mol. The zero-order valence-electron chi connectivity index (χ0n) is 20.1. The molecule has 1 saturated carbocycles. The van der Waals surface area contributed by atoms with Crippen LogP contribution in [0.2, 0.25) is 0 Å². The number of amides is 1. The summed E-state index contributed by atoms with van der Waals surface area (Å²) in [4.78, 5) is 30.2. The fourth-order valence-corrected chi connectivity index (χ4v) is 5.58. The molecule has 36 heavy (non-hydrogen) atoms. The number of carboxylic acid groups (broad SMARTS) is 1. The van der Waals surface area contributed by atoms with E-state index in [0.717, 1.165) is 11.1 Å². The van der Waals surface area contributed by atoms with Gasteiger partial charge in [0.2, 0.25) is 0 Å². The molecule has 0 unspecified atom stereocenters. The highest BCUT2D eigenvalue weighted by molar-refractivity contribution is 5.82. The van der Waals surface area contributed by atoms with Crippen molar-refractivity contribution in [2.75, 3.05) is 13.7 Å². The molecule has 2 aliphatic rings. The maximum Gasteiger partial charge on any atom is 0.409 e. The lowest BCUT2D eigenvalue weighted by molar-refractivity contribution is -0.142. The molecular formula is C27H29F2N3O4. The van der Waals surface area contributed by atoms with Crippen molar-refractivity contribution in [3.63, 3.8) is 0 Å². The van der Waals surface area contributed by atoms with Crippen molar-refractivity contribution in [2.45, 2.75) is 57.0 Å². The molecule has 5 rings (SSSR count). The molecule has 7 nitrogen and oxygen atoms in total. The molecule has 190 valence electrons. The summed E-state index contributed by atoms with van der Waals surface area (Å²) < 4.78 is 37.6. The number of rotatable bonds is 5. The number of hydrogen-bond donors (Lipinski definition) is 1. The van der Waals surface area contributed by atoms with Crippen molar-refractivity contribution in [2.24, 2.45) is 5.92 Å². The first kappa shape index (κ1) is 24.2. The van der Waals surface area contributed by atoms with Gasteiger partial charge in [-0.25, -0.2) is 9.78 Å². The van der Waals surface area contributed by atoms with Crippen LogP contribution in [0.3, 0.4) is 0 Å². The van der Waals surface area contributed by atoms with Gasteiger partial charge in [0.05, 0.1) is 37.2 Å². The van der Waals surface area contributed by atoms with Crippen molar-refractivity contribution in [3.05, 3.63) is 65.0 Å². The zero-order valence-corrected chi connectivity index (χ0v) is 20.1. The van der Waals surface area contributed by atoms with E-state index in [0.29, 0.717) is 62.1 Å². The number of fused-ring (bicyclic) bond motifs is 3. The predicted molar refractivity (Wildman–Crippen MR) is 129 cm³/mol.